The van der Waals surface area contributed by atoms with Crippen molar-refractivity contribution in [3.05, 3.63) is 200 Å². The summed E-state index contributed by atoms with van der Waals surface area (Å²) in [5, 5.41) is 11.6. The topological polar surface area (TPSA) is 32.8 Å². The van der Waals surface area contributed by atoms with Gasteiger partial charge in [0.25, 0.3) is 0 Å². The van der Waals surface area contributed by atoms with E-state index in [0.717, 1.165) is 95.9 Å². The first-order valence-electron chi connectivity index (χ1n) is 20.0. The first-order valence-corrected chi connectivity index (χ1v) is 20.0. The minimum atomic E-state index is 0.850. The average molecular weight is 745 g/mol. The van der Waals surface area contributed by atoms with Crippen molar-refractivity contribution >= 4 is 105 Å². The van der Waals surface area contributed by atoms with Crippen LogP contribution in [0.25, 0.3) is 76.2 Å². The van der Waals surface area contributed by atoms with Crippen molar-refractivity contribution in [2.24, 2.45) is 0 Å². The van der Waals surface area contributed by atoms with Gasteiger partial charge in [-0.2, -0.15) is 0 Å². The van der Waals surface area contributed by atoms with Crippen molar-refractivity contribution in [1.29, 1.82) is 0 Å². The van der Waals surface area contributed by atoms with Crippen LogP contribution in [0.2, 0.25) is 0 Å². The van der Waals surface area contributed by atoms with Gasteiger partial charge in [0.15, 0.2) is 0 Å². The molecule has 11 aromatic rings. The SMILES string of the molecule is C1=CC(N(c2ccc3ccccc3c2)c2ccc3c(c2)oc2ccc4c(ccc5oc6cc(N(c7ccccc7)c7ccc8ccccc8c7)ccc6c54)c23)=CCC1. The largest absolute Gasteiger partial charge is 0.456 e. The van der Waals surface area contributed by atoms with Crippen LogP contribution in [0.1, 0.15) is 12.8 Å². The third-order valence-electron chi connectivity index (χ3n) is 11.8. The summed E-state index contributed by atoms with van der Waals surface area (Å²) >= 11 is 0. The highest BCUT2D eigenvalue weighted by Gasteiger charge is 2.21. The van der Waals surface area contributed by atoms with Crippen LogP contribution >= 0.6 is 0 Å². The van der Waals surface area contributed by atoms with Crippen molar-refractivity contribution in [3.63, 3.8) is 0 Å². The van der Waals surface area contributed by atoms with E-state index in [1.165, 1.54) is 27.2 Å². The van der Waals surface area contributed by atoms with Gasteiger partial charge in [-0.05, 0) is 136 Å². The smallest absolute Gasteiger partial charge is 0.137 e. The molecule has 0 bridgehead atoms. The average Bonchev–Trinajstić information content (AvgIpc) is 3.85. The van der Waals surface area contributed by atoms with E-state index in [4.69, 9.17) is 8.83 Å². The minimum Gasteiger partial charge on any atom is -0.456 e. The number of anilines is 5. The molecule has 0 unspecified atom stereocenters. The number of benzene rings is 9. The fourth-order valence-electron chi connectivity index (χ4n) is 9.08. The predicted molar refractivity (Wildman–Crippen MR) is 243 cm³/mol. The molecule has 1 aliphatic rings. The lowest BCUT2D eigenvalue weighted by Gasteiger charge is -2.28. The van der Waals surface area contributed by atoms with Crippen molar-refractivity contribution in [2.75, 3.05) is 9.80 Å². The van der Waals surface area contributed by atoms with Gasteiger partial charge < -0.3 is 18.6 Å². The van der Waals surface area contributed by atoms with Gasteiger partial charge in [0.05, 0.1) is 0 Å². The molecular weight excluding hydrogens is 709 g/mol. The highest BCUT2D eigenvalue weighted by Crippen LogP contribution is 2.44. The molecule has 0 radical (unpaired) electrons. The highest BCUT2D eigenvalue weighted by molar-refractivity contribution is 6.27. The van der Waals surface area contributed by atoms with Crippen molar-refractivity contribution in [2.45, 2.75) is 12.8 Å². The maximum Gasteiger partial charge on any atom is 0.137 e. The fourth-order valence-corrected chi connectivity index (χ4v) is 9.08. The van der Waals surface area contributed by atoms with Gasteiger partial charge in [0.1, 0.15) is 22.3 Å². The number of rotatable bonds is 6. The molecule has 0 fully saturated rings. The zero-order chi connectivity index (χ0) is 38.2. The number of furan rings is 2. The molecule has 4 nitrogen and oxygen atoms in total. The van der Waals surface area contributed by atoms with E-state index >= 15 is 0 Å². The molecular formula is C54H36N2O2. The fraction of sp³-hybridized carbons (Fsp3) is 0.0370. The Hall–Kier alpha value is -7.56. The Morgan fingerprint density at radius 2 is 0.828 bits per heavy atom. The number of allylic oxidation sites excluding steroid dienone is 3. The van der Waals surface area contributed by atoms with Crippen LogP contribution in [0.3, 0.4) is 0 Å². The summed E-state index contributed by atoms with van der Waals surface area (Å²) in [5.41, 5.74) is 10.0. The molecule has 274 valence electrons. The second-order valence-electron chi connectivity index (χ2n) is 15.2. The van der Waals surface area contributed by atoms with E-state index in [-0.39, 0.29) is 0 Å². The zero-order valence-corrected chi connectivity index (χ0v) is 31.6. The lowest BCUT2D eigenvalue weighted by atomic mass is 9.99. The molecule has 2 aromatic heterocycles. The number of para-hydroxylation sites is 1. The molecule has 4 heteroatoms. The predicted octanol–water partition coefficient (Wildman–Crippen LogP) is 15.8. The normalized spacial score (nSPS) is 13.1. The molecule has 0 spiro atoms. The maximum absolute atomic E-state index is 6.69. The van der Waals surface area contributed by atoms with E-state index in [1.54, 1.807) is 0 Å². The quantitative estimate of drug-likeness (QED) is 0.170. The molecule has 1 aliphatic carbocycles. The zero-order valence-electron chi connectivity index (χ0n) is 31.6. The summed E-state index contributed by atoms with van der Waals surface area (Å²) in [7, 11) is 0. The van der Waals surface area contributed by atoms with Gasteiger partial charge >= 0.3 is 0 Å². The lowest BCUT2D eigenvalue weighted by Crippen LogP contribution is -2.16. The Labute approximate surface area is 334 Å². The molecule has 0 atom stereocenters. The Morgan fingerprint density at radius 1 is 0.345 bits per heavy atom. The Bertz CT molecular complexity index is 3480. The summed E-state index contributed by atoms with van der Waals surface area (Å²) in [6, 6.07) is 62.8. The van der Waals surface area contributed by atoms with Crippen LogP contribution in [-0.4, -0.2) is 0 Å². The molecule has 0 N–H and O–H groups in total. The van der Waals surface area contributed by atoms with Gasteiger partial charge in [-0.3, -0.25) is 0 Å². The van der Waals surface area contributed by atoms with Crippen LogP contribution in [0, 0.1) is 0 Å². The van der Waals surface area contributed by atoms with Crippen LogP contribution in [-0.2, 0) is 0 Å². The number of hydrogen-bond donors (Lipinski definition) is 0. The molecule has 0 saturated heterocycles. The third-order valence-corrected chi connectivity index (χ3v) is 11.8. The van der Waals surface area contributed by atoms with Gasteiger partial charge in [-0.1, -0.05) is 91.0 Å². The Morgan fingerprint density at radius 3 is 1.40 bits per heavy atom. The molecule has 0 saturated carbocycles. The van der Waals surface area contributed by atoms with Crippen LogP contribution < -0.4 is 9.80 Å². The second kappa shape index (κ2) is 13.0. The summed E-state index contributed by atoms with van der Waals surface area (Å²) in [4.78, 5) is 4.65. The number of fused-ring (bicyclic) bond motifs is 11. The van der Waals surface area contributed by atoms with E-state index in [2.05, 4.69) is 204 Å². The summed E-state index contributed by atoms with van der Waals surface area (Å²) < 4.78 is 13.4. The van der Waals surface area contributed by atoms with Crippen molar-refractivity contribution in [3.8, 4) is 0 Å². The summed E-state index contributed by atoms with van der Waals surface area (Å²) in [6.07, 6.45) is 8.91. The van der Waals surface area contributed by atoms with Crippen molar-refractivity contribution in [1.82, 2.24) is 0 Å². The maximum atomic E-state index is 6.69. The van der Waals surface area contributed by atoms with Gasteiger partial charge in [-0.15, -0.1) is 0 Å². The first kappa shape index (κ1) is 32.7. The van der Waals surface area contributed by atoms with E-state index in [9.17, 15) is 0 Å². The molecule has 12 rings (SSSR count). The molecule has 0 aliphatic heterocycles. The van der Waals surface area contributed by atoms with Gasteiger partial charge in [0, 0.05) is 67.8 Å². The Balaban J connectivity index is 0.988. The Kier molecular flexibility index (Phi) is 7.32. The standard InChI is InChI=1S/C54H36N2O2/c1-3-15-39(16-4-1)55(41-21-19-35-11-7-9-13-37(35)31-41)43-23-25-47-51(33-43)57-49-29-27-46-45(53(47)49)28-30-50-54(46)48-26-24-44(34-52(48)58-50)56(40-17-5-2-6-18-40)42-22-20-36-12-8-10-14-38(36)32-42/h1,3-5,7-34H,2,6H2. The summed E-state index contributed by atoms with van der Waals surface area (Å²) in [5.74, 6) is 0. The second-order valence-corrected chi connectivity index (χ2v) is 15.2. The minimum absolute atomic E-state index is 0.850. The van der Waals surface area contributed by atoms with Crippen LogP contribution in [0.5, 0.6) is 0 Å². The number of hydrogen-bond acceptors (Lipinski definition) is 4. The third kappa shape index (κ3) is 5.23. The highest BCUT2D eigenvalue weighted by atomic mass is 16.3. The first-order chi connectivity index (χ1) is 28.7. The van der Waals surface area contributed by atoms with Crippen LogP contribution in [0.15, 0.2) is 209 Å². The molecule has 58 heavy (non-hydrogen) atoms. The molecule has 2 heterocycles. The van der Waals surface area contributed by atoms with Crippen molar-refractivity contribution < 1.29 is 8.83 Å². The lowest BCUT2D eigenvalue weighted by molar-refractivity contribution is 0.668. The van der Waals surface area contributed by atoms with Gasteiger partial charge in [-0.25, -0.2) is 0 Å². The summed E-state index contributed by atoms with van der Waals surface area (Å²) in [6.45, 7) is 0. The monoisotopic (exact) mass is 744 g/mol. The number of nitrogens with zero attached hydrogens (tertiary/aromatic N) is 2. The molecule has 9 aromatic carbocycles. The van der Waals surface area contributed by atoms with Gasteiger partial charge in [0.2, 0.25) is 0 Å². The van der Waals surface area contributed by atoms with E-state index in [0.29, 0.717) is 0 Å². The van der Waals surface area contributed by atoms with Crippen LogP contribution in [0.4, 0.5) is 28.4 Å². The van der Waals surface area contributed by atoms with E-state index in [1.807, 2.05) is 0 Å². The molecule has 0 amide bonds. The van der Waals surface area contributed by atoms with E-state index < -0.39 is 0 Å².